The largest absolute Gasteiger partial charge is 0.416 e. The zero-order valence-corrected chi connectivity index (χ0v) is 14.9. The number of carbonyl (C=O) groups is 1. The number of hydrogen-bond acceptors (Lipinski definition) is 3. The van der Waals surface area contributed by atoms with Crippen LogP contribution >= 0.6 is 0 Å². The van der Waals surface area contributed by atoms with Gasteiger partial charge >= 0.3 is 6.18 Å². The summed E-state index contributed by atoms with van der Waals surface area (Å²) in [6, 6.07) is 10.0. The van der Waals surface area contributed by atoms with Crippen molar-refractivity contribution in [3.63, 3.8) is 0 Å². The van der Waals surface area contributed by atoms with Crippen molar-refractivity contribution in [2.45, 2.75) is 18.0 Å². The Bertz CT molecular complexity index is 989. The lowest BCUT2D eigenvalue weighted by molar-refractivity contribution is -0.137. The Balaban J connectivity index is 2.03. The van der Waals surface area contributed by atoms with Crippen LogP contribution in [-0.4, -0.2) is 20.9 Å². The van der Waals surface area contributed by atoms with Crippen molar-refractivity contribution in [1.82, 2.24) is 4.72 Å². The standard InChI is InChI=1S/C18H15F3N2O3S/c1-13(24)23-16-9-7-14(8-10-16)4-3-11-22-27(25,26)17-6-2-5-15(12-17)18(19,20)21/h2,5-10,12,22H,11H2,1H3,(H,23,24). The molecule has 1 amide bonds. The molecule has 2 aromatic carbocycles. The highest BCUT2D eigenvalue weighted by Gasteiger charge is 2.31. The highest BCUT2D eigenvalue weighted by molar-refractivity contribution is 7.89. The second-order valence-corrected chi connectivity index (χ2v) is 7.18. The summed E-state index contributed by atoms with van der Waals surface area (Å²) in [6.07, 6.45) is -4.63. The molecule has 0 fully saturated rings. The number of sulfonamides is 1. The first-order chi connectivity index (χ1) is 12.6. The quantitative estimate of drug-likeness (QED) is 0.781. The fourth-order valence-corrected chi connectivity index (χ4v) is 3.01. The average molecular weight is 396 g/mol. The van der Waals surface area contributed by atoms with Crippen LogP contribution in [0.25, 0.3) is 0 Å². The number of halogens is 3. The molecule has 0 aliphatic carbocycles. The SMILES string of the molecule is CC(=O)Nc1ccc(C#CCNS(=O)(=O)c2cccc(C(F)(F)F)c2)cc1. The van der Waals surface area contributed by atoms with Gasteiger partial charge in [0.25, 0.3) is 0 Å². The van der Waals surface area contributed by atoms with Gasteiger partial charge in [0.05, 0.1) is 17.0 Å². The molecule has 0 radical (unpaired) electrons. The van der Waals surface area contributed by atoms with Crippen molar-refractivity contribution in [3.05, 3.63) is 59.7 Å². The first-order valence-electron chi connectivity index (χ1n) is 7.61. The Morgan fingerprint density at radius 1 is 1.11 bits per heavy atom. The van der Waals surface area contributed by atoms with Crippen molar-refractivity contribution in [2.75, 3.05) is 11.9 Å². The lowest BCUT2D eigenvalue weighted by Crippen LogP contribution is -2.24. The molecular formula is C18H15F3N2O3S. The molecule has 0 spiro atoms. The number of carbonyl (C=O) groups excluding carboxylic acids is 1. The Labute approximate surface area is 154 Å². The molecule has 0 saturated carbocycles. The van der Waals surface area contributed by atoms with Gasteiger partial charge in [0.1, 0.15) is 0 Å². The normalized spacial score (nSPS) is 11.4. The van der Waals surface area contributed by atoms with Gasteiger partial charge in [0, 0.05) is 18.2 Å². The summed E-state index contributed by atoms with van der Waals surface area (Å²) in [6.45, 7) is 1.11. The molecule has 2 rings (SSSR count). The van der Waals surface area contributed by atoms with Gasteiger partial charge in [-0.2, -0.15) is 17.9 Å². The second kappa shape index (κ2) is 8.24. The summed E-state index contributed by atoms with van der Waals surface area (Å²) in [5.74, 6) is 5.09. The Kier molecular flexibility index (Phi) is 6.25. The summed E-state index contributed by atoms with van der Waals surface area (Å²) >= 11 is 0. The van der Waals surface area contributed by atoms with E-state index in [0.29, 0.717) is 17.3 Å². The van der Waals surface area contributed by atoms with Crippen LogP contribution in [0, 0.1) is 11.8 Å². The third kappa shape index (κ3) is 6.13. The molecular weight excluding hydrogens is 381 g/mol. The van der Waals surface area contributed by atoms with E-state index >= 15 is 0 Å². The topological polar surface area (TPSA) is 75.3 Å². The Morgan fingerprint density at radius 2 is 1.78 bits per heavy atom. The molecule has 5 nitrogen and oxygen atoms in total. The minimum Gasteiger partial charge on any atom is -0.326 e. The van der Waals surface area contributed by atoms with Crippen LogP contribution in [0.5, 0.6) is 0 Å². The van der Waals surface area contributed by atoms with Crippen molar-refractivity contribution in [3.8, 4) is 11.8 Å². The minimum atomic E-state index is -4.63. The average Bonchev–Trinajstić information content (AvgIpc) is 2.59. The van der Waals surface area contributed by atoms with Crippen LogP contribution < -0.4 is 10.0 Å². The fourth-order valence-electron chi connectivity index (χ4n) is 2.04. The fraction of sp³-hybridized carbons (Fsp3) is 0.167. The molecule has 0 bridgehead atoms. The second-order valence-electron chi connectivity index (χ2n) is 5.41. The third-order valence-electron chi connectivity index (χ3n) is 3.26. The highest BCUT2D eigenvalue weighted by Crippen LogP contribution is 2.30. The van der Waals surface area contributed by atoms with E-state index in [4.69, 9.17) is 0 Å². The van der Waals surface area contributed by atoms with E-state index < -0.39 is 26.7 Å². The number of amides is 1. The summed E-state index contributed by atoms with van der Waals surface area (Å²) in [5.41, 5.74) is 0.136. The minimum absolute atomic E-state index is 0.210. The Hall–Kier alpha value is -2.83. The van der Waals surface area contributed by atoms with Gasteiger partial charge in [0.15, 0.2) is 0 Å². The van der Waals surface area contributed by atoms with Gasteiger partial charge < -0.3 is 5.32 Å². The molecule has 142 valence electrons. The molecule has 0 aliphatic rings. The van der Waals surface area contributed by atoms with E-state index in [0.717, 1.165) is 18.2 Å². The molecule has 27 heavy (non-hydrogen) atoms. The number of rotatable bonds is 4. The van der Waals surface area contributed by atoms with Crippen molar-refractivity contribution >= 4 is 21.6 Å². The predicted molar refractivity (Wildman–Crippen MR) is 94.3 cm³/mol. The van der Waals surface area contributed by atoms with Crippen LogP contribution in [0.15, 0.2) is 53.4 Å². The number of anilines is 1. The van der Waals surface area contributed by atoms with Gasteiger partial charge in [-0.05, 0) is 42.5 Å². The molecule has 2 aromatic rings. The van der Waals surface area contributed by atoms with Crippen LogP contribution in [0.1, 0.15) is 18.1 Å². The van der Waals surface area contributed by atoms with Gasteiger partial charge in [-0.15, -0.1) is 0 Å². The van der Waals surface area contributed by atoms with Crippen LogP contribution in [0.4, 0.5) is 18.9 Å². The molecule has 0 unspecified atom stereocenters. The lowest BCUT2D eigenvalue weighted by Gasteiger charge is -2.09. The summed E-state index contributed by atoms with van der Waals surface area (Å²) in [4.78, 5) is 10.4. The maximum Gasteiger partial charge on any atom is 0.416 e. The first-order valence-corrected chi connectivity index (χ1v) is 9.10. The van der Waals surface area contributed by atoms with E-state index in [1.165, 1.54) is 6.92 Å². The van der Waals surface area contributed by atoms with Crippen molar-refractivity contribution in [2.24, 2.45) is 0 Å². The molecule has 0 aliphatic heterocycles. The van der Waals surface area contributed by atoms with Gasteiger partial charge in [0.2, 0.25) is 15.9 Å². The molecule has 0 saturated heterocycles. The predicted octanol–water partition coefficient (Wildman–Crippen LogP) is 2.99. The number of nitrogens with one attached hydrogen (secondary N) is 2. The van der Waals surface area contributed by atoms with E-state index in [1.807, 2.05) is 0 Å². The lowest BCUT2D eigenvalue weighted by atomic mass is 10.2. The number of hydrogen-bond donors (Lipinski definition) is 2. The molecule has 2 N–H and O–H groups in total. The van der Waals surface area contributed by atoms with Crippen LogP contribution in [-0.2, 0) is 21.0 Å². The smallest absolute Gasteiger partial charge is 0.326 e. The molecule has 0 aromatic heterocycles. The van der Waals surface area contributed by atoms with Crippen LogP contribution in [0.2, 0.25) is 0 Å². The van der Waals surface area contributed by atoms with Gasteiger partial charge in [-0.1, -0.05) is 17.9 Å². The summed E-state index contributed by atoms with van der Waals surface area (Å²) < 4.78 is 64.4. The number of alkyl halides is 3. The summed E-state index contributed by atoms with van der Waals surface area (Å²) in [5, 5.41) is 2.59. The van der Waals surface area contributed by atoms with E-state index in [9.17, 15) is 26.4 Å². The third-order valence-corrected chi connectivity index (χ3v) is 4.66. The van der Waals surface area contributed by atoms with E-state index in [-0.39, 0.29) is 12.5 Å². The van der Waals surface area contributed by atoms with Gasteiger partial charge in [-0.3, -0.25) is 4.79 Å². The molecule has 0 heterocycles. The zero-order valence-electron chi connectivity index (χ0n) is 14.1. The summed E-state index contributed by atoms with van der Waals surface area (Å²) in [7, 11) is -4.12. The highest BCUT2D eigenvalue weighted by atomic mass is 32.2. The maximum atomic E-state index is 12.7. The molecule has 9 heteroatoms. The van der Waals surface area contributed by atoms with Crippen molar-refractivity contribution < 1.29 is 26.4 Å². The van der Waals surface area contributed by atoms with E-state index in [2.05, 4.69) is 21.9 Å². The van der Waals surface area contributed by atoms with Crippen molar-refractivity contribution in [1.29, 1.82) is 0 Å². The zero-order chi connectivity index (χ0) is 20.1. The molecule has 0 atom stereocenters. The van der Waals surface area contributed by atoms with Gasteiger partial charge in [-0.25, -0.2) is 8.42 Å². The Morgan fingerprint density at radius 3 is 2.37 bits per heavy atom. The number of benzene rings is 2. The maximum absolute atomic E-state index is 12.7. The van der Waals surface area contributed by atoms with Crippen LogP contribution in [0.3, 0.4) is 0 Å². The monoisotopic (exact) mass is 396 g/mol. The first kappa shape index (κ1) is 20.5. The van der Waals surface area contributed by atoms with E-state index in [1.54, 1.807) is 24.3 Å².